The van der Waals surface area contributed by atoms with Crippen LogP contribution in [0.3, 0.4) is 0 Å². The number of nitrogens with one attached hydrogen (secondary N) is 1. The number of carbonyl (C=O) groups excluding carboxylic acids is 2. The molecule has 2 aromatic heterocycles. The van der Waals surface area contributed by atoms with Crippen LogP contribution >= 0.6 is 11.3 Å². The van der Waals surface area contributed by atoms with Gasteiger partial charge in [0.1, 0.15) is 0 Å². The molecule has 2 rings (SSSR count). The lowest BCUT2D eigenvalue weighted by atomic mass is 10.3. The number of hydrogen-bond acceptors (Lipinski definition) is 5. The van der Waals surface area contributed by atoms with Crippen molar-refractivity contribution in [3.8, 4) is 10.6 Å². The molecule has 0 aliphatic carbocycles. The van der Waals surface area contributed by atoms with Crippen LogP contribution in [0.1, 0.15) is 22.4 Å². The normalized spacial score (nSPS) is 10.1. The van der Waals surface area contributed by atoms with E-state index in [1.54, 1.807) is 12.3 Å². The largest absolute Gasteiger partial charge is 0.325 e. The molecule has 0 saturated heterocycles. The van der Waals surface area contributed by atoms with Crippen molar-refractivity contribution in [2.24, 2.45) is 0 Å². The van der Waals surface area contributed by atoms with E-state index in [2.05, 4.69) is 15.3 Å². The lowest BCUT2D eigenvalue weighted by molar-refractivity contribution is -0.114. The Balaban J connectivity index is 2.38. The van der Waals surface area contributed by atoms with Crippen LogP contribution in [0.25, 0.3) is 10.6 Å². The molecule has 18 heavy (non-hydrogen) atoms. The Morgan fingerprint density at radius 1 is 1.50 bits per heavy atom. The maximum Gasteiger partial charge on any atom is 0.221 e. The predicted octanol–water partition coefficient (Wildman–Crippen LogP) is 2.28. The summed E-state index contributed by atoms with van der Waals surface area (Å²) in [5.41, 5.74) is 1.45. The third kappa shape index (κ3) is 2.60. The fraction of sp³-hybridized carbons (Fsp3) is 0.167. The van der Waals surface area contributed by atoms with Crippen molar-refractivity contribution in [1.29, 1.82) is 0 Å². The zero-order chi connectivity index (χ0) is 13.1. The van der Waals surface area contributed by atoms with Gasteiger partial charge in [-0.3, -0.25) is 9.59 Å². The molecule has 0 unspecified atom stereocenters. The molecule has 0 aliphatic heterocycles. The molecule has 5 nitrogen and oxygen atoms in total. The van der Waals surface area contributed by atoms with Crippen molar-refractivity contribution in [3.63, 3.8) is 0 Å². The summed E-state index contributed by atoms with van der Waals surface area (Å²) in [6.07, 6.45) is 2.15. The van der Waals surface area contributed by atoms with Gasteiger partial charge in [0, 0.05) is 18.0 Å². The van der Waals surface area contributed by atoms with E-state index < -0.39 is 0 Å². The van der Waals surface area contributed by atoms with Crippen molar-refractivity contribution in [2.75, 3.05) is 5.32 Å². The first kappa shape index (κ1) is 12.4. The van der Waals surface area contributed by atoms with E-state index in [-0.39, 0.29) is 11.7 Å². The van der Waals surface area contributed by atoms with Gasteiger partial charge in [-0.1, -0.05) is 0 Å². The number of amides is 1. The van der Waals surface area contributed by atoms with Crippen LogP contribution in [-0.2, 0) is 4.79 Å². The minimum Gasteiger partial charge on any atom is -0.325 e. The molecule has 0 radical (unpaired) electrons. The van der Waals surface area contributed by atoms with E-state index in [1.807, 2.05) is 13.0 Å². The van der Waals surface area contributed by atoms with Crippen molar-refractivity contribution >= 4 is 29.2 Å². The summed E-state index contributed by atoms with van der Waals surface area (Å²) in [5.74, 6) is 0.0401. The van der Waals surface area contributed by atoms with Gasteiger partial charge in [0.15, 0.2) is 12.1 Å². The maximum absolute atomic E-state index is 11.0. The SMILES string of the molecule is CC(=O)Nc1cc(-c2ccnc(C=O)n2)sc1C. The van der Waals surface area contributed by atoms with E-state index in [1.165, 1.54) is 18.3 Å². The van der Waals surface area contributed by atoms with Gasteiger partial charge in [-0.05, 0) is 19.1 Å². The average molecular weight is 261 g/mol. The summed E-state index contributed by atoms with van der Waals surface area (Å²) in [4.78, 5) is 31.5. The number of aldehydes is 1. The number of aromatic nitrogens is 2. The number of aryl methyl sites for hydroxylation is 1. The summed E-state index contributed by atoms with van der Waals surface area (Å²) in [7, 11) is 0. The van der Waals surface area contributed by atoms with Crippen molar-refractivity contribution in [3.05, 3.63) is 29.0 Å². The third-order valence-corrected chi connectivity index (χ3v) is 3.33. The predicted molar refractivity (Wildman–Crippen MR) is 69.8 cm³/mol. The second-order valence-corrected chi connectivity index (χ2v) is 4.94. The first-order chi connectivity index (χ1) is 8.60. The highest BCUT2D eigenvalue weighted by Gasteiger charge is 2.10. The summed E-state index contributed by atoms with van der Waals surface area (Å²) in [6.45, 7) is 3.38. The van der Waals surface area contributed by atoms with Gasteiger partial charge < -0.3 is 5.32 Å². The molecular formula is C12H11N3O2S. The molecule has 0 spiro atoms. The van der Waals surface area contributed by atoms with Gasteiger partial charge in [-0.2, -0.15) is 0 Å². The molecular weight excluding hydrogens is 250 g/mol. The van der Waals surface area contributed by atoms with E-state index in [0.717, 1.165) is 15.4 Å². The van der Waals surface area contributed by atoms with Crippen molar-refractivity contribution in [1.82, 2.24) is 9.97 Å². The van der Waals surface area contributed by atoms with Crippen LogP contribution in [0.4, 0.5) is 5.69 Å². The topological polar surface area (TPSA) is 72.0 Å². The Hall–Kier alpha value is -2.08. The first-order valence-electron chi connectivity index (χ1n) is 5.27. The molecule has 1 N–H and O–H groups in total. The fourth-order valence-electron chi connectivity index (χ4n) is 1.49. The summed E-state index contributed by atoms with van der Waals surface area (Å²) in [5, 5.41) is 2.75. The molecule has 0 atom stereocenters. The summed E-state index contributed by atoms with van der Waals surface area (Å²) < 4.78 is 0. The zero-order valence-corrected chi connectivity index (χ0v) is 10.7. The number of nitrogens with zero attached hydrogens (tertiary/aromatic N) is 2. The van der Waals surface area contributed by atoms with Crippen LogP contribution in [0, 0.1) is 6.92 Å². The van der Waals surface area contributed by atoms with Gasteiger partial charge in [-0.15, -0.1) is 11.3 Å². The molecule has 0 fully saturated rings. The number of rotatable bonds is 3. The van der Waals surface area contributed by atoms with E-state index in [0.29, 0.717) is 12.0 Å². The molecule has 2 aromatic rings. The standard InChI is InChI=1S/C12H11N3O2S/c1-7-10(14-8(2)17)5-11(18-7)9-3-4-13-12(6-16)15-9/h3-6H,1-2H3,(H,14,17). The number of hydrogen-bond donors (Lipinski definition) is 1. The minimum absolute atomic E-state index is 0.112. The van der Waals surface area contributed by atoms with Crippen LogP contribution in [0.5, 0.6) is 0 Å². The van der Waals surface area contributed by atoms with Crippen LogP contribution in [0.15, 0.2) is 18.3 Å². The smallest absolute Gasteiger partial charge is 0.221 e. The molecule has 6 heteroatoms. The van der Waals surface area contributed by atoms with Gasteiger partial charge in [-0.25, -0.2) is 9.97 Å². The second kappa shape index (κ2) is 5.05. The Labute approximate surface area is 108 Å². The lowest BCUT2D eigenvalue weighted by Crippen LogP contribution is -2.05. The molecule has 2 heterocycles. The fourth-order valence-corrected chi connectivity index (χ4v) is 2.43. The number of thiophene rings is 1. The molecule has 0 aliphatic rings. The second-order valence-electron chi connectivity index (χ2n) is 3.68. The van der Waals surface area contributed by atoms with Crippen molar-refractivity contribution < 1.29 is 9.59 Å². The Bertz CT molecular complexity index is 607. The highest BCUT2D eigenvalue weighted by Crippen LogP contribution is 2.32. The summed E-state index contributed by atoms with van der Waals surface area (Å²) >= 11 is 1.51. The quantitative estimate of drug-likeness (QED) is 0.860. The van der Waals surface area contributed by atoms with Crippen LogP contribution in [-0.4, -0.2) is 22.2 Å². The Morgan fingerprint density at radius 3 is 2.94 bits per heavy atom. The molecule has 0 bridgehead atoms. The highest BCUT2D eigenvalue weighted by molar-refractivity contribution is 7.16. The molecule has 0 aromatic carbocycles. The van der Waals surface area contributed by atoms with Crippen molar-refractivity contribution in [2.45, 2.75) is 13.8 Å². The van der Waals surface area contributed by atoms with Gasteiger partial charge in [0.05, 0.1) is 16.3 Å². The minimum atomic E-state index is -0.112. The monoisotopic (exact) mass is 261 g/mol. The third-order valence-electron chi connectivity index (χ3n) is 2.26. The van der Waals surface area contributed by atoms with Crippen LogP contribution in [0.2, 0.25) is 0 Å². The Kier molecular flexibility index (Phi) is 3.47. The van der Waals surface area contributed by atoms with Crippen LogP contribution < -0.4 is 5.32 Å². The van der Waals surface area contributed by atoms with Gasteiger partial charge in [0.2, 0.25) is 5.91 Å². The maximum atomic E-state index is 11.0. The molecule has 92 valence electrons. The average Bonchev–Trinajstić information content (AvgIpc) is 2.70. The lowest BCUT2D eigenvalue weighted by Gasteiger charge is -1.98. The van der Waals surface area contributed by atoms with Gasteiger partial charge >= 0.3 is 0 Å². The molecule has 0 saturated carbocycles. The Morgan fingerprint density at radius 2 is 2.28 bits per heavy atom. The number of carbonyl (C=O) groups is 2. The summed E-state index contributed by atoms with van der Waals surface area (Å²) in [6, 6.07) is 3.58. The van der Waals surface area contributed by atoms with E-state index in [9.17, 15) is 9.59 Å². The first-order valence-corrected chi connectivity index (χ1v) is 6.08. The van der Waals surface area contributed by atoms with Gasteiger partial charge in [0.25, 0.3) is 0 Å². The zero-order valence-electron chi connectivity index (χ0n) is 9.93. The number of anilines is 1. The van der Waals surface area contributed by atoms with E-state index >= 15 is 0 Å². The molecule has 1 amide bonds. The van der Waals surface area contributed by atoms with E-state index in [4.69, 9.17) is 0 Å². The highest BCUT2D eigenvalue weighted by atomic mass is 32.1.